The van der Waals surface area contributed by atoms with E-state index >= 15 is 0 Å². The number of benzene rings is 1. The minimum Gasteiger partial charge on any atom is -0.497 e. The van der Waals surface area contributed by atoms with Crippen molar-refractivity contribution in [3.8, 4) is 11.5 Å². The van der Waals surface area contributed by atoms with E-state index in [2.05, 4.69) is 25.5 Å². The highest BCUT2D eigenvalue weighted by Crippen LogP contribution is 2.30. The number of carbonyl (C=O) groups is 1. The third kappa shape index (κ3) is 5.59. The fourth-order valence-electron chi connectivity index (χ4n) is 2.26. The molecule has 26 heavy (non-hydrogen) atoms. The zero-order valence-electron chi connectivity index (χ0n) is 15.6. The monoisotopic (exact) mass is 359 g/mol. The van der Waals surface area contributed by atoms with E-state index in [4.69, 9.17) is 9.47 Å². The Morgan fingerprint density at radius 3 is 2.69 bits per heavy atom. The number of hydrogen-bond donors (Lipinski definition) is 2. The molecular formula is C18H25N5O3. The van der Waals surface area contributed by atoms with E-state index in [-0.39, 0.29) is 5.91 Å². The topological polar surface area (TPSA) is 88.6 Å². The van der Waals surface area contributed by atoms with Gasteiger partial charge in [0.15, 0.2) is 0 Å². The summed E-state index contributed by atoms with van der Waals surface area (Å²) in [4.78, 5) is 22.7. The Kier molecular flexibility index (Phi) is 7.16. The van der Waals surface area contributed by atoms with Gasteiger partial charge in [-0.05, 0) is 45.3 Å². The van der Waals surface area contributed by atoms with Crippen LogP contribution in [0, 0.1) is 0 Å². The second-order valence-corrected chi connectivity index (χ2v) is 5.87. The van der Waals surface area contributed by atoms with Crippen LogP contribution in [0.1, 0.15) is 16.9 Å². The third-order valence-corrected chi connectivity index (χ3v) is 3.61. The zero-order chi connectivity index (χ0) is 18.9. The van der Waals surface area contributed by atoms with Crippen molar-refractivity contribution >= 4 is 17.5 Å². The highest BCUT2D eigenvalue weighted by molar-refractivity contribution is 5.92. The first kappa shape index (κ1) is 19.5. The number of ether oxygens (including phenoxy) is 2. The van der Waals surface area contributed by atoms with E-state index in [1.54, 1.807) is 44.7 Å². The van der Waals surface area contributed by atoms with Gasteiger partial charge in [-0.2, -0.15) is 0 Å². The molecule has 140 valence electrons. The number of methoxy groups -OCH3 is 2. The normalized spacial score (nSPS) is 10.5. The van der Waals surface area contributed by atoms with Crippen molar-refractivity contribution < 1.29 is 14.3 Å². The maximum Gasteiger partial charge on any atom is 0.270 e. The summed E-state index contributed by atoms with van der Waals surface area (Å²) < 4.78 is 10.5. The van der Waals surface area contributed by atoms with Gasteiger partial charge in [0.25, 0.3) is 5.91 Å². The molecule has 1 aromatic carbocycles. The molecule has 1 amide bonds. The van der Waals surface area contributed by atoms with Gasteiger partial charge < -0.3 is 25.0 Å². The van der Waals surface area contributed by atoms with Gasteiger partial charge in [-0.15, -0.1) is 0 Å². The SMILES string of the molecule is COc1ccc(Nc2nccc(C(=O)NCCCN(C)C)n2)c(OC)c1. The molecule has 2 N–H and O–H groups in total. The molecule has 0 aliphatic rings. The van der Waals surface area contributed by atoms with Crippen LogP contribution in [0.2, 0.25) is 0 Å². The Bertz CT molecular complexity index is 737. The van der Waals surface area contributed by atoms with Crippen LogP contribution < -0.4 is 20.1 Å². The van der Waals surface area contributed by atoms with Crippen molar-refractivity contribution in [3.05, 3.63) is 36.2 Å². The minimum atomic E-state index is -0.226. The quantitative estimate of drug-likeness (QED) is 0.661. The van der Waals surface area contributed by atoms with E-state index in [0.717, 1.165) is 13.0 Å². The van der Waals surface area contributed by atoms with Gasteiger partial charge in [-0.25, -0.2) is 9.97 Å². The van der Waals surface area contributed by atoms with E-state index in [1.807, 2.05) is 14.1 Å². The number of hydrogen-bond acceptors (Lipinski definition) is 7. The van der Waals surface area contributed by atoms with Gasteiger partial charge in [0, 0.05) is 18.8 Å². The molecular weight excluding hydrogens is 334 g/mol. The minimum absolute atomic E-state index is 0.226. The van der Waals surface area contributed by atoms with E-state index < -0.39 is 0 Å². The summed E-state index contributed by atoms with van der Waals surface area (Å²) in [5.74, 6) is 1.36. The smallest absolute Gasteiger partial charge is 0.270 e. The number of nitrogens with zero attached hydrogens (tertiary/aromatic N) is 3. The molecule has 1 aromatic heterocycles. The second-order valence-electron chi connectivity index (χ2n) is 5.87. The standard InChI is InChI=1S/C18H25N5O3/c1-23(2)11-5-9-19-17(24)15-8-10-20-18(22-15)21-14-7-6-13(25-3)12-16(14)26-4/h6-8,10,12H,5,9,11H2,1-4H3,(H,19,24)(H,20,21,22). The van der Waals surface area contributed by atoms with Crippen molar-refractivity contribution in [2.24, 2.45) is 0 Å². The number of anilines is 2. The lowest BCUT2D eigenvalue weighted by Crippen LogP contribution is -2.28. The Morgan fingerprint density at radius 1 is 1.19 bits per heavy atom. The Balaban J connectivity index is 2.04. The Labute approximate surface area is 153 Å². The number of aromatic nitrogens is 2. The van der Waals surface area contributed by atoms with Crippen LogP contribution in [0.4, 0.5) is 11.6 Å². The van der Waals surface area contributed by atoms with Crippen LogP contribution in [0.3, 0.4) is 0 Å². The highest BCUT2D eigenvalue weighted by atomic mass is 16.5. The fraction of sp³-hybridized carbons (Fsp3) is 0.389. The summed E-state index contributed by atoms with van der Waals surface area (Å²) >= 11 is 0. The van der Waals surface area contributed by atoms with Crippen LogP contribution in [-0.4, -0.2) is 62.2 Å². The lowest BCUT2D eigenvalue weighted by atomic mass is 10.2. The van der Waals surface area contributed by atoms with Crippen LogP contribution in [-0.2, 0) is 0 Å². The van der Waals surface area contributed by atoms with Crippen LogP contribution in [0.15, 0.2) is 30.5 Å². The molecule has 0 saturated heterocycles. The molecule has 8 heteroatoms. The van der Waals surface area contributed by atoms with E-state index in [1.165, 1.54) is 0 Å². The molecule has 0 fully saturated rings. The predicted octanol–water partition coefficient (Wildman–Crippen LogP) is 1.92. The van der Waals surface area contributed by atoms with Crippen molar-refractivity contribution in [1.29, 1.82) is 0 Å². The summed E-state index contributed by atoms with van der Waals surface area (Å²) in [5.41, 5.74) is 0.983. The summed E-state index contributed by atoms with van der Waals surface area (Å²) in [6, 6.07) is 6.93. The molecule has 0 unspecified atom stereocenters. The predicted molar refractivity (Wildman–Crippen MR) is 100 cm³/mol. The average Bonchev–Trinajstić information content (AvgIpc) is 2.65. The Hall–Kier alpha value is -2.87. The summed E-state index contributed by atoms with van der Waals surface area (Å²) in [7, 11) is 7.15. The number of amides is 1. The molecule has 1 heterocycles. The molecule has 0 saturated carbocycles. The molecule has 0 bridgehead atoms. The van der Waals surface area contributed by atoms with Crippen molar-refractivity contribution in [2.75, 3.05) is 46.7 Å². The number of nitrogens with one attached hydrogen (secondary N) is 2. The molecule has 0 aliphatic heterocycles. The molecule has 2 rings (SSSR count). The van der Waals surface area contributed by atoms with Crippen molar-refractivity contribution in [2.45, 2.75) is 6.42 Å². The largest absolute Gasteiger partial charge is 0.497 e. The second kappa shape index (κ2) is 9.57. The first-order valence-electron chi connectivity index (χ1n) is 8.28. The van der Waals surface area contributed by atoms with E-state index in [0.29, 0.717) is 35.4 Å². The zero-order valence-corrected chi connectivity index (χ0v) is 15.6. The molecule has 0 aliphatic carbocycles. The molecule has 0 atom stereocenters. The molecule has 8 nitrogen and oxygen atoms in total. The third-order valence-electron chi connectivity index (χ3n) is 3.61. The molecule has 0 spiro atoms. The lowest BCUT2D eigenvalue weighted by Gasteiger charge is -2.12. The Morgan fingerprint density at radius 2 is 2.00 bits per heavy atom. The average molecular weight is 359 g/mol. The van der Waals surface area contributed by atoms with Crippen molar-refractivity contribution in [3.63, 3.8) is 0 Å². The first-order chi connectivity index (χ1) is 12.5. The van der Waals surface area contributed by atoms with Crippen LogP contribution in [0.5, 0.6) is 11.5 Å². The summed E-state index contributed by atoms with van der Waals surface area (Å²) in [5, 5.41) is 5.92. The van der Waals surface area contributed by atoms with Gasteiger partial charge in [0.2, 0.25) is 5.95 Å². The summed E-state index contributed by atoms with van der Waals surface area (Å²) in [6.45, 7) is 1.50. The van der Waals surface area contributed by atoms with Gasteiger partial charge >= 0.3 is 0 Å². The highest BCUT2D eigenvalue weighted by Gasteiger charge is 2.11. The van der Waals surface area contributed by atoms with Gasteiger partial charge in [-0.3, -0.25) is 4.79 Å². The van der Waals surface area contributed by atoms with Crippen LogP contribution in [0.25, 0.3) is 0 Å². The van der Waals surface area contributed by atoms with Gasteiger partial charge in [0.05, 0.1) is 19.9 Å². The fourth-order valence-corrected chi connectivity index (χ4v) is 2.26. The molecule has 0 radical (unpaired) electrons. The molecule has 2 aromatic rings. The number of carbonyl (C=O) groups excluding carboxylic acids is 1. The van der Waals surface area contributed by atoms with Crippen LogP contribution >= 0.6 is 0 Å². The lowest BCUT2D eigenvalue weighted by molar-refractivity contribution is 0.0947. The van der Waals surface area contributed by atoms with Gasteiger partial charge in [-0.1, -0.05) is 0 Å². The van der Waals surface area contributed by atoms with Gasteiger partial charge in [0.1, 0.15) is 17.2 Å². The first-order valence-corrected chi connectivity index (χ1v) is 8.28. The maximum absolute atomic E-state index is 12.2. The maximum atomic E-state index is 12.2. The van der Waals surface area contributed by atoms with Crippen molar-refractivity contribution in [1.82, 2.24) is 20.2 Å². The summed E-state index contributed by atoms with van der Waals surface area (Å²) in [6.07, 6.45) is 2.41. The number of rotatable bonds is 9. The van der Waals surface area contributed by atoms with E-state index in [9.17, 15) is 4.79 Å².